The van der Waals surface area contributed by atoms with Crippen molar-refractivity contribution in [3.8, 4) is 11.5 Å². The van der Waals surface area contributed by atoms with Crippen molar-refractivity contribution in [1.29, 1.82) is 0 Å². The Kier molecular flexibility index (Phi) is 7.06. The van der Waals surface area contributed by atoms with Crippen molar-refractivity contribution in [2.45, 2.75) is 6.42 Å². The van der Waals surface area contributed by atoms with E-state index in [1.54, 1.807) is 23.1 Å². The molecule has 0 fully saturated rings. The van der Waals surface area contributed by atoms with Gasteiger partial charge < -0.3 is 18.8 Å². The summed E-state index contributed by atoms with van der Waals surface area (Å²) >= 11 is 1.38. The Morgan fingerprint density at radius 3 is 2.56 bits per heavy atom. The lowest BCUT2D eigenvalue weighted by molar-refractivity contribution is 0.0982. The highest BCUT2D eigenvalue weighted by Crippen LogP contribution is 2.39. The summed E-state index contributed by atoms with van der Waals surface area (Å²) < 4.78 is 17.6. The molecule has 10 heteroatoms. The SMILES string of the molecule is CN(C)CCCN(C(=O)c1cc2ccccc2oc1=O)c1nc2cc3c(cc2s1)OCCO3.Cl. The van der Waals surface area contributed by atoms with Crippen LogP contribution in [0, 0.1) is 0 Å². The molecule has 0 atom stereocenters. The van der Waals surface area contributed by atoms with Gasteiger partial charge in [-0.3, -0.25) is 9.69 Å². The highest BCUT2D eigenvalue weighted by molar-refractivity contribution is 7.22. The van der Waals surface area contributed by atoms with Crippen LogP contribution in [-0.4, -0.2) is 56.2 Å². The first kappa shape index (κ1) is 24.0. The summed E-state index contributed by atoms with van der Waals surface area (Å²) in [5.41, 5.74) is 0.498. The quantitative estimate of drug-likeness (QED) is 0.366. The Labute approximate surface area is 206 Å². The summed E-state index contributed by atoms with van der Waals surface area (Å²) in [5, 5.41) is 1.21. The number of halogens is 1. The van der Waals surface area contributed by atoms with E-state index >= 15 is 0 Å². The molecule has 1 aliphatic heterocycles. The van der Waals surface area contributed by atoms with Crippen LogP contribution in [0.1, 0.15) is 16.8 Å². The van der Waals surface area contributed by atoms with Crippen LogP contribution in [-0.2, 0) is 0 Å². The summed E-state index contributed by atoms with van der Waals surface area (Å²) in [6.07, 6.45) is 0.719. The van der Waals surface area contributed by atoms with Gasteiger partial charge in [-0.15, -0.1) is 12.4 Å². The standard InChI is InChI=1S/C24H23N3O5S.ClH/c1-26(2)8-5-9-27(22(28)16-12-15-6-3-4-7-18(15)32-23(16)29)24-25-17-13-19-20(14-21(17)33-24)31-11-10-30-19;/h3-4,6-7,12-14H,5,8-11H2,1-2H3;1H. The van der Waals surface area contributed by atoms with E-state index in [0.29, 0.717) is 47.4 Å². The predicted octanol–water partition coefficient (Wildman–Crippen LogP) is 4.19. The first-order valence-electron chi connectivity index (χ1n) is 10.7. The molecular weight excluding hydrogens is 478 g/mol. The van der Waals surface area contributed by atoms with Crippen molar-refractivity contribution in [3.63, 3.8) is 0 Å². The Bertz CT molecular complexity index is 1360. The lowest BCUT2D eigenvalue weighted by Crippen LogP contribution is -2.36. The van der Waals surface area contributed by atoms with Crippen molar-refractivity contribution in [2.24, 2.45) is 0 Å². The summed E-state index contributed by atoms with van der Waals surface area (Å²) in [7, 11) is 3.96. The molecule has 0 saturated carbocycles. The van der Waals surface area contributed by atoms with E-state index in [0.717, 1.165) is 23.2 Å². The van der Waals surface area contributed by atoms with E-state index in [2.05, 4.69) is 0 Å². The van der Waals surface area contributed by atoms with Gasteiger partial charge in [0.1, 0.15) is 24.4 Å². The zero-order valence-electron chi connectivity index (χ0n) is 18.8. The maximum absolute atomic E-state index is 13.6. The van der Waals surface area contributed by atoms with Crippen molar-refractivity contribution < 1.29 is 18.7 Å². The summed E-state index contributed by atoms with van der Waals surface area (Å²) in [4.78, 5) is 34.6. The highest BCUT2D eigenvalue weighted by Gasteiger charge is 2.25. The van der Waals surface area contributed by atoms with Crippen LogP contribution in [0.25, 0.3) is 21.2 Å². The molecule has 0 radical (unpaired) electrons. The van der Waals surface area contributed by atoms with Crippen LogP contribution in [0.5, 0.6) is 11.5 Å². The molecule has 3 heterocycles. The smallest absolute Gasteiger partial charge is 0.349 e. The van der Waals surface area contributed by atoms with Crippen molar-refractivity contribution in [2.75, 3.05) is 45.3 Å². The molecule has 34 heavy (non-hydrogen) atoms. The van der Waals surface area contributed by atoms with E-state index in [-0.39, 0.29) is 18.0 Å². The fourth-order valence-electron chi connectivity index (χ4n) is 3.75. The number of thiazole rings is 1. The van der Waals surface area contributed by atoms with Gasteiger partial charge in [0, 0.05) is 24.1 Å². The van der Waals surface area contributed by atoms with E-state index < -0.39 is 11.5 Å². The molecule has 2 aromatic heterocycles. The van der Waals surface area contributed by atoms with Gasteiger partial charge >= 0.3 is 5.63 Å². The molecule has 0 N–H and O–H groups in total. The number of nitrogens with zero attached hydrogens (tertiary/aromatic N) is 3. The Hall–Kier alpha value is -3.14. The number of aromatic nitrogens is 1. The maximum Gasteiger partial charge on any atom is 0.349 e. The topological polar surface area (TPSA) is 85.1 Å². The van der Waals surface area contributed by atoms with Crippen molar-refractivity contribution >= 4 is 56.0 Å². The molecule has 1 amide bonds. The molecule has 0 aliphatic carbocycles. The zero-order chi connectivity index (χ0) is 22.9. The van der Waals surface area contributed by atoms with Crippen LogP contribution >= 0.6 is 23.7 Å². The molecule has 0 bridgehead atoms. The van der Waals surface area contributed by atoms with Gasteiger partial charge in [-0.25, -0.2) is 9.78 Å². The van der Waals surface area contributed by atoms with E-state index in [4.69, 9.17) is 18.9 Å². The van der Waals surface area contributed by atoms with Gasteiger partial charge in [-0.05, 0) is 39.2 Å². The lowest BCUT2D eigenvalue weighted by Gasteiger charge is -2.20. The second-order valence-corrected chi connectivity index (χ2v) is 9.07. The number of amides is 1. The number of para-hydroxylation sites is 1. The number of anilines is 1. The first-order valence-corrected chi connectivity index (χ1v) is 11.5. The second kappa shape index (κ2) is 10.0. The summed E-state index contributed by atoms with van der Waals surface area (Å²) in [5.74, 6) is 0.889. The fourth-order valence-corrected chi connectivity index (χ4v) is 4.75. The van der Waals surface area contributed by atoms with Gasteiger partial charge in [-0.1, -0.05) is 29.5 Å². The molecule has 5 rings (SSSR count). The minimum absolute atomic E-state index is 0. The number of rotatable bonds is 6. The largest absolute Gasteiger partial charge is 0.486 e. The molecule has 0 unspecified atom stereocenters. The molecule has 1 aliphatic rings. The molecule has 4 aromatic rings. The van der Waals surface area contributed by atoms with Gasteiger partial charge in [-0.2, -0.15) is 0 Å². The Balaban J connectivity index is 0.00000274. The molecule has 2 aromatic carbocycles. The first-order chi connectivity index (χ1) is 16.0. The number of benzene rings is 2. The van der Waals surface area contributed by atoms with Crippen LogP contribution in [0.4, 0.5) is 5.13 Å². The van der Waals surface area contributed by atoms with Crippen molar-refractivity contribution in [3.05, 3.63) is 58.4 Å². The van der Waals surface area contributed by atoms with Crippen LogP contribution in [0.15, 0.2) is 51.7 Å². The molecule has 0 saturated heterocycles. The number of hydrogen-bond acceptors (Lipinski definition) is 8. The van der Waals surface area contributed by atoms with Gasteiger partial charge in [0.05, 0.1) is 10.2 Å². The fraction of sp³-hybridized carbons (Fsp3) is 0.292. The number of hydrogen-bond donors (Lipinski definition) is 0. The molecule has 178 valence electrons. The Morgan fingerprint density at radius 2 is 1.79 bits per heavy atom. The minimum Gasteiger partial charge on any atom is -0.486 e. The van der Waals surface area contributed by atoms with Crippen LogP contribution < -0.4 is 20.0 Å². The molecule has 0 spiro atoms. The zero-order valence-corrected chi connectivity index (χ0v) is 20.4. The van der Waals surface area contributed by atoms with Crippen LogP contribution in [0.3, 0.4) is 0 Å². The molecular formula is C24H24ClN3O5S. The average Bonchev–Trinajstić information content (AvgIpc) is 3.21. The number of carbonyl (C=O) groups is 1. The lowest BCUT2D eigenvalue weighted by atomic mass is 10.1. The number of ether oxygens (including phenoxy) is 2. The minimum atomic E-state index is -0.658. The van der Waals surface area contributed by atoms with Gasteiger partial charge in [0.25, 0.3) is 5.91 Å². The summed E-state index contributed by atoms with van der Waals surface area (Å²) in [6.45, 7) is 2.19. The third-order valence-electron chi connectivity index (χ3n) is 5.38. The van der Waals surface area contributed by atoms with Crippen molar-refractivity contribution in [1.82, 2.24) is 9.88 Å². The average molecular weight is 502 g/mol. The van der Waals surface area contributed by atoms with Gasteiger partial charge in [0.15, 0.2) is 16.6 Å². The third-order valence-corrected chi connectivity index (χ3v) is 6.42. The maximum atomic E-state index is 13.6. The number of carbonyl (C=O) groups excluding carboxylic acids is 1. The van der Waals surface area contributed by atoms with Crippen LogP contribution in [0.2, 0.25) is 0 Å². The van der Waals surface area contributed by atoms with E-state index in [9.17, 15) is 9.59 Å². The normalized spacial score (nSPS) is 12.7. The van der Waals surface area contributed by atoms with E-state index in [1.807, 2.05) is 43.3 Å². The Morgan fingerprint density at radius 1 is 1.06 bits per heavy atom. The highest BCUT2D eigenvalue weighted by atomic mass is 35.5. The summed E-state index contributed by atoms with van der Waals surface area (Å²) in [6, 6.07) is 12.5. The monoisotopic (exact) mass is 501 g/mol. The predicted molar refractivity (Wildman–Crippen MR) is 135 cm³/mol. The van der Waals surface area contributed by atoms with E-state index in [1.165, 1.54) is 11.3 Å². The third kappa shape index (κ3) is 4.72. The molecule has 8 nitrogen and oxygen atoms in total. The second-order valence-electron chi connectivity index (χ2n) is 8.06. The van der Waals surface area contributed by atoms with Gasteiger partial charge in [0.2, 0.25) is 0 Å². The number of fused-ring (bicyclic) bond motifs is 3.